The van der Waals surface area contributed by atoms with E-state index in [1.165, 1.54) is 16.7 Å². The van der Waals surface area contributed by atoms with E-state index in [-0.39, 0.29) is 18.4 Å². The van der Waals surface area contributed by atoms with Crippen LogP contribution in [0.5, 0.6) is 0 Å². The molecule has 0 radical (unpaired) electrons. The molecule has 0 saturated carbocycles. The number of nitrogens with one attached hydrogen (secondary N) is 1. The van der Waals surface area contributed by atoms with Gasteiger partial charge in [0, 0.05) is 25.5 Å². The van der Waals surface area contributed by atoms with E-state index in [1.807, 2.05) is 53.2 Å². The lowest BCUT2D eigenvalue weighted by molar-refractivity contribution is -0.128. The predicted molar refractivity (Wildman–Crippen MR) is 115 cm³/mol. The molecule has 8 heteroatoms. The van der Waals surface area contributed by atoms with Gasteiger partial charge in [-0.15, -0.1) is 0 Å². The molecular weight excluding hydrogens is 392 g/mol. The zero-order chi connectivity index (χ0) is 19.8. The SMILES string of the molecule is O=C(CN1C(=O)/C(=C/C=C/c2ccccc2)SC1=S)NCCCn1ccnc1. The minimum Gasteiger partial charge on any atom is -0.354 e. The van der Waals surface area contributed by atoms with Gasteiger partial charge in [-0.1, -0.05) is 66.5 Å². The highest BCUT2D eigenvalue weighted by Gasteiger charge is 2.32. The van der Waals surface area contributed by atoms with E-state index in [0.29, 0.717) is 15.8 Å². The number of thiocarbonyl (C=S) groups is 1. The summed E-state index contributed by atoms with van der Waals surface area (Å²) in [7, 11) is 0. The van der Waals surface area contributed by atoms with Crippen molar-refractivity contribution in [3.8, 4) is 0 Å². The van der Waals surface area contributed by atoms with Crippen LogP contribution in [-0.2, 0) is 16.1 Å². The molecule has 0 bridgehead atoms. The number of hydrogen-bond acceptors (Lipinski definition) is 5. The standard InChI is InChI=1S/C20H20N4O2S2/c25-18(22-10-5-12-23-13-11-21-15-23)14-24-19(26)17(28-20(24)27)9-4-8-16-6-2-1-3-7-16/h1-4,6-9,11,13,15H,5,10,12,14H2,(H,22,25)/b8-4+,17-9-. The first kappa shape index (κ1) is 20.0. The Hall–Kier alpha value is -2.71. The molecule has 1 N–H and O–H groups in total. The summed E-state index contributed by atoms with van der Waals surface area (Å²) >= 11 is 6.47. The molecule has 2 amide bonds. The normalized spacial score (nSPS) is 15.7. The molecule has 2 heterocycles. The van der Waals surface area contributed by atoms with Crippen molar-refractivity contribution in [3.05, 3.63) is 71.7 Å². The Balaban J connectivity index is 1.47. The molecule has 0 atom stereocenters. The van der Waals surface area contributed by atoms with E-state index in [0.717, 1.165) is 18.5 Å². The highest BCUT2D eigenvalue weighted by atomic mass is 32.2. The second-order valence-electron chi connectivity index (χ2n) is 6.06. The minimum absolute atomic E-state index is 0.0600. The van der Waals surface area contributed by atoms with Gasteiger partial charge in [0.1, 0.15) is 10.9 Å². The van der Waals surface area contributed by atoms with Gasteiger partial charge in [-0.3, -0.25) is 14.5 Å². The van der Waals surface area contributed by atoms with Gasteiger partial charge in [0.05, 0.1) is 11.2 Å². The highest BCUT2D eigenvalue weighted by molar-refractivity contribution is 8.26. The number of aromatic nitrogens is 2. The molecule has 1 saturated heterocycles. The monoisotopic (exact) mass is 412 g/mol. The van der Waals surface area contributed by atoms with Crippen LogP contribution in [0.4, 0.5) is 0 Å². The molecule has 3 rings (SSSR count). The van der Waals surface area contributed by atoms with Crippen molar-refractivity contribution in [1.82, 2.24) is 19.8 Å². The van der Waals surface area contributed by atoms with Crippen LogP contribution in [-0.4, -0.2) is 43.7 Å². The van der Waals surface area contributed by atoms with Crippen molar-refractivity contribution in [1.29, 1.82) is 0 Å². The fourth-order valence-corrected chi connectivity index (χ4v) is 3.78. The molecule has 1 fully saturated rings. The largest absolute Gasteiger partial charge is 0.354 e. The van der Waals surface area contributed by atoms with Crippen molar-refractivity contribution >= 4 is 46.2 Å². The first-order chi connectivity index (χ1) is 13.6. The van der Waals surface area contributed by atoms with E-state index in [2.05, 4.69) is 10.3 Å². The number of rotatable bonds is 8. The molecule has 1 aromatic heterocycles. The maximum atomic E-state index is 12.5. The van der Waals surface area contributed by atoms with Crippen LogP contribution in [0.25, 0.3) is 6.08 Å². The topological polar surface area (TPSA) is 67.2 Å². The summed E-state index contributed by atoms with van der Waals surface area (Å²) in [6, 6.07) is 9.81. The maximum Gasteiger partial charge on any atom is 0.266 e. The summed E-state index contributed by atoms with van der Waals surface area (Å²) < 4.78 is 2.35. The Kier molecular flexibility index (Phi) is 7.16. The van der Waals surface area contributed by atoms with Crippen LogP contribution in [0.2, 0.25) is 0 Å². The van der Waals surface area contributed by atoms with Crippen LogP contribution in [0.3, 0.4) is 0 Å². The lowest BCUT2D eigenvalue weighted by Gasteiger charge is -2.14. The zero-order valence-electron chi connectivity index (χ0n) is 15.2. The molecular formula is C20H20N4O2S2. The van der Waals surface area contributed by atoms with Gasteiger partial charge in [-0.2, -0.15) is 0 Å². The van der Waals surface area contributed by atoms with E-state index in [4.69, 9.17) is 12.2 Å². The summed E-state index contributed by atoms with van der Waals surface area (Å²) in [5, 5.41) is 2.82. The molecule has 144 valence electrons. The van der Waals surface area contributed by atoms with Gasteiger partial charge < -0.3 is 9.88 Å². The van der Waals surface area contributed by atoms with Gasteiger partial charge in [0.2, 0.25) is 5.91 Å². The van der Waals surface area contributed by atoms with Gasteiger partial charge in [0.25, 0.3) is 5.91 Å². The Labute approximate surface area is 173 Å². The molecule has 2 aromatic rings. The third-order valence-electron chi connectivity index (χ3n) is 3.99. The maximum absolute atomic E-state index is 12.5. The van der Waals surface area contributed by atoms with Crippen molar-refractivity contribution in [3.63, 3.8) is 0 Å². The van der Waals surface area contributed by atoms with Crippen molar-refractivity contribution < 1.29 is 9.59 Å². The zero-order valence-corrected chi connectivity index (χ0v) is 16.8. The fraction of sp³-hybridized carbons (Fsp3) is 0.200. The average molecular weight is 413 g/mol. The molecule has 1 aliphatic heterocycles. The lowest BCUT2D eigenvalue weighted by Crippen LogP contribution is -2.39. The third kappa shape index (κ3) is 5.64. The van der Waals surface area contributed by atoms with E-state index in [1.54, 1.807) is 18.6 Å². The number of carbonyl (C=O) groups is 2. The van der Waals surface area contributed by atoms with Gasteiger partial charge in [-0.25, -0.2) is 4.98 Å². The van der Waals surface area contributed by atoms with Crippen molar-refractivity contribution in [2.45, 2.75) is 13.0 Å². The third-order valence-corrected chi connectivity index (χ3v) is 5.38. The van der Waals surface area contributed by atoms with Crippen LogP contribution >= 0.6 is 24.0 Å². The molecule has 1 aliphatic rings. The smallest absolute Gasteiger partial charge is 0.266 e. The highest BCUT2D eigenvalue weighted by Crippen LogP contribution is 2.30. The number of allylic oxidation sites excluding steroid dienone is 2. The van der Waals surface area contributed by atoms with Gasteiger partial charge in [-0.05, 0) is 18.1 Å². The predicted octanol–water partition coefficient (Wildman–Crippen LogP) is 2.85. The minimum atomic E-state index is -0.235. The molecule has 28 heavy (non-hydrogen) atoms. The number of nitrogens with zero attached hydrogens (tertiary/aromatic N) is 3. The lowest BCUT2D eigenvalue weighted by atomic mass is 10.2. The molecule has 0 unspecified atom stereocenters. The average Bonchev–Trinajstić information content (AvgIpc) is 3.30. The molecule has 1 aromatic carbocycles. The first-order valence-corrected chi connectivity index (χ1v) is 10.1. The Morgan fingerprint density at radius 3 is 2.86 bits per heavy atom. The van der Waals surface area contributed by atoms with Crippen molar-refractivity contribution in [2.24, 2.45) is 0 Å². The first-order valence-electron chi connectivity index (χ1n) is 8.83. The number of carbonyl (C=O) groups excluding carboxylic acids is 2. The summed E-state index contributed by atoms with van der Waals surface area (Å²) in [5.74, 6) is -0.454. The van der Waals surface area contributed by atoms with Crippen LogP contribution in [0.15, 0.2) is 66.1 Å². The molecule has 0 spiro atoms. The number of amides is 2. The Bertz CT molecular complexity index is 892. The second-order valence-corrected chi connectivity index (χ2v) is 7.74. The summed E-state index contributed by atoms with van der Waals surface area (Å²) in [4.78, 5) is 30.5. The molecule has 0 aliphatic carbocycles. The van der Waals surface area contributed by atoms with Crippen LogP contribution in [0.1, 0.15) is 12.0 Å². The Morgan fingerprint density at radius 1 is 1.29 bits per heavy atom. The number of aryl methyl sites for hydroxylation is 1. The second kappa shape index (κ2) is 10.0. The summed E-state index contributed by atoms with van der Waals surface area (Å²) in [6.45, 7) is 1.24. The van der Waals surface area contributed by atoms with Gasteiger partial charge in [0.15, 0.2) is 0 Å². The van der Waals surface area contributed by atoms with Crippen LogP contribution < -0.4 is 5.32 Å². The van der Waals surface area contributed by atoms with E-state index < -0.39 is 0 Å². The van der Waals surface area contributed by atoms with Crippen LogP contribution in [0, 0.1) is 0 Å². The van der Waals surface area contributed by atoms with Crippen molar-refractivity contribution in [2.75, 3.05) is 13.1 Å². The van der Waals surface area contributed by atoms with E-state index in [9.17, 15) is 9.59 Å². The summed E-state index contributed by atoms with van der Waals surface area (Å²) in [6.07, 6.45) is 11.6. The fourth-order valence-electron chi connectivity index (χ4n) is 2.57. The summed E-state index contributed by atoms with van der Waals surface area (Å²) in [5.41, 5.74) is 1.05. The Morgan fingerprint density at radius 2 is 2.11 bits per heavy atom. The van der Waals surface area contributed by atoms with Gasteiger partial charge >= 0.3 is 0 Å². The quantitative estimate of drug-likeness (QED) is 0.410. The molecule has 6 nitrogen and oxygen atoms in total. The number of thioether (sulfide) groups is 1. The van der Waals surface area contributed by atoms with E-state index >= 15 is 0 Å². The number of benzene rings is 1. The number of imidazole rings is 1. The number of hydrogen-bond donors (Lipinski definition) is 1.